The fourth-order valence-corrected chi connectivity index (χ4v) is 3.65. The number of aromatic amines is 1. The molecule has 0 radical (unpaired) electrons. The molecule has 2 rings (SSSR count). The van der Waals surface area contributed by atoms with Crippen LogP contribution in [0.4, 0.5) is 0 Å². The average Bonchev–Trinajstić information content (AvgIpc) is 3.05. The quantitative estimate of drug-likeness (QED) is 0.689. The summed E-state index contributed by atoms with van der Waals surface area (Å²) in [6, 6.07) is 1.68. The van der Waals surface area contributed by atoms with Crippen molar-refractivity contribution in [3.63, 3.8) is 0 Å². The van der Waals surface area contributed by atoms with Gasteiger partial charge in [-0.1, -0.05) is 6.92 Å². The summed E-state index contributed by atoms with van der Waals surface area (Å²) >= 11 is 1.21. The third-order valence-electron chi connectivity index (χ3n) is 2.37. The molecule has 0 aliphatic rings. The van der Waals surface area contributed by atoms with Crippen LogP contribution in [0.1, 0.15) is 18.3 Å². The van der Waals surface area contributed by atoms with Crippen LogP contribution < -0.4 is 10.0 Å². The van der Waals surface area contributed by atoms with Gasteiger partial charge in [0.2, 0.25) is 10.0 Å². The third kappa shape index (κ3) is 3.83. The summed E-state index contributed by atoms with van der Waals surface area (Å²) in [7, 11) is -3.49. The van der Waals surface area contributed by atoms with Crippen molar-refractivity contribution < 1.29 is 8.42 Å². The minimum absolute atomic E-state index is 0.1000. The summed E-state index contributed by atoms with van der Waals surface area (Å²) in [4.78, 5) is 3.86. The van der Waals surface area contributed by atoms with Crippen molar-refractivity contribution in [2.24, 2.45) is 0 Å². The molecule has 0 fully saturated rings. The van der Waals surface area contributed by atoms with Crippen molar-refractivity contribution >= 4 is 21.4 Å². The lowest BCUT2D eigenvalue weighted by atomic mass is 10.3. The highest BCUT2D eigenvalue weighted by Crippen LogP contribution is 2.20. The van der Waals surface area contributed by atoms with Crippen LogP contribution in [-0.4, -0.2) is 30.1 Å². The smallest absolute Gasteiger partial charge is 0.250 e. The van der Waals surface area contributed by atoms with Gasteiger partial charge in [-0.3, -0.25) is 5.10 Å². The first-order chi connectivity index (χ1) is 9.12. The third-order valence-corrected chi connectivity index (χ3v) is 5.26. The molecule has 2 heterocycles. The second-order valence-corrected chi connectivity index (χ2v) is 6.72. The molecule has 0 saturated heterocycles. The SMILES string of the molecule is CCNCc1csc(S(=O)(=O)NCc2ncn[nH]2)c1. The van der Waals surface area contributed by atoms with Gasteiger partial charge in [0.15, 0.2) is 0 Å². The topological polar surface area (TPSA) is 99.8 Å². The summed E-state index contributed by atoms with van der Waals surface area (Å²) < 4.78 is 26.8. The highest BCUT2D eigenvalue weighted by molar-refractivity contribution is 7.91. The van der Waals surface area contributed by atoms with E-state index in [0.717, 1.165) is 12.1 Å². The van der Waals surface area contributed by atoms with Gasteiger partial charge >= 0.3 is 0 Å². The predicted octanol–water partition coefficient (Wildman–Crippen LogP) is 0.454. The van der Waals surface area contributed by atoms with Crippen molar-refractivity contribution in [1.82, 2.24) is 25.2 Å². The number of H-pyrrole nitrogens is 1. The Morgan fingerprint density at radius 2 is 2.26 bits per heavy atom. The fourth-order valence-electron chi connectivity index (χ4n) is 1.41. The van der Waals surface area contributed by atoms with Crippen molar-refractivity contribution in [2.75, 3.05) is 6.54 Å². The second kappa shape index (κ2) is 6.24. The molecule has 19 heavy (non-hydrogen) atoms. The highest BCUT2D eigenvalue weighted by Gasteiger charge is 2.16. The summed E-state index contributed by atoms with van der Waals surface area (Å²) in [6.07, 6.45) is 1.34. The zero-order chi connectivity index (χ0) is 13.7. The van der Waals surface area contributed by atoms with E-state index >= 15 is 0 Å². The Morgan fingerprint density at radius 1 is 1.42 bits per heavy atom. The van der Waals surface area contributed by atoms with Crippen molar-refractivity contribution in [2.45, 2.75) is 24.2 Å². The molecular weight excluding hydrogens is 286 g/mol. The maximum Gasteiger partial charge on any atom is 0.250 e. The first-order valence-electron chi connectivity index (χ1n) is 5.74. The van der Waals surface area contributed by atoms with E-state index in [-0.39, 0.29) is 6.54 Å². The fraction of sp³-hybridized carbons (Fsp3) is 0.400. The Morgan fingerprint density at radius 3 is 2.95 bits per heavy atom. The summed E-state index contributed by atoms with van der Waals surface area (Å²) in [6.45, 7) is 3.62. The molecule has 2 aromatic rings. The minimum atomic E-state index is -3.49. The molecule has 104 valence electrons. The Kier molecular flexibility index (Phi) is 4.64. The zero-order valence-corrected chi connectivity index (χ0v) is 12.0. The van der Waals surface area contributed by atoms with Gasteiger partial charge in [-0.2, -0.15) is 5.10 Å². The zero-order valence-electron chi connectivity index (χ0n) is 10.4. The Labute approximate surface area is 115 Å². The molecule has 0 bridgehead atoms. The van der Waals surface area contributed by atoms with E-state index in [9.17, 15) is 8.42 Å². The molecule has 0 aliphatic heterocycles. The van der Waals surface area contributed by atoms with E-state index in [1.165, 1.54) is 17.7 Å². The molecule has 3 N–H and O–H groups in total. The van der Waals surface area contributed by atoms with Crippen LogP contribution in [0.3, 0.4) is 0 Å². The van der Waals surface area contributed by atoms with E-state index in [2.05, 4.69) is 25.2 Å². The van der Waals surface area contributed by atoms with Gasteiger partial charge in [0.25, 0.3) is 0 Å². The first kappa shape index (κ1) is 14.1. The largest absolute Gasteiger partial charge is 0.313 e. The van der Waals surface area contributed by atoms with Crippen LogP contribution in [-0.2, 0) is 23.1 Å². The van der Waals surface area contributed by atoms with Crippen LogP contribution in [0.5, 0.6) is 0 Å². The van der Waals surface area contributed by atoms with Crippen molar-refractivity contribution in [3.8, 4) is 0 Å². The number of aromatic nitrogens is 3. The Balaban J connectivity index is 2.00. The molecule has 0 saturated carbocycles. The number of nitrogens with zero attached hydrogens (tertiary/aromatic N) is 2. The molecule has 0 aromatic carbocycles. The van der Waals surface area contributed by atoms with Gasteiger partial charge in [0.1, 0.15) is 16.4 Å². The lowest BCUT2D eigenvalue weighted by molar-refractivity contribution is 0.581. The molecule has 7 nitrogen and oxygen atoms in total. The predicted molar refractivity (Wildman–Crippen MR) is 72.1 cm³/mol. The Hall–Kier alpha value is -1.29. The number of hydrogen-bond donors (Lipinski definition) is 3. The van der Waals surface area contributed by atoms with Crippen LogP contribution in [0.15, 0.2) is 22.0 Å². The number of thiophene rings is 1. The van der Waals surface area contributed by atoms with Crippen molar-refractivity contribution in [1.29, 1.82) is 0 Å². The molecular formula is C10H15N5O2S2. The van der Waals surface area contributed by atoms with Crippen LogP contribution >= 0.6 is 11.3 Å². The van der Waals surface area contributed by atoms with Gasteiger partial charge in [-0.15, -0.1) is 11.3 Å². The number of nitrogens with one attached hydrogen (secondary N) is 3. The van der Waals surface area contributed by atoms with Crippen LogP contribution in [0.25, 0.3) is 0 Å². The first-order valence-corrected chi connectivity index (χ1v) is 8.10. The lowest BCUT2D eigenvalue weighted by Gasteiger charge is -2.02. The molecule has 0 unspecified atom stereocenters. The van der Waals surface area contributed by atoms with E-state index in [1.807, 2.05) is 12.3 Å². The van der Waals surface area contributed by atoms with E-state index < -0.39 is 10.0 Å². The van der Waals surface area contributed by atoms with Gasteiger partial charge in [0, 0.05) is 6.54 Å². The van der Waals surface area contributed by atoms with Gasteiger partial charge in [-0.25, -0.2) is 18.1 Å². The van der Waals surface area contributed by atoms with Crippen LogP contribution in [0, 0.1) is 0 Å². The maximum atomic E-state index is 12.0. The summed E-state index contributed by atoms with van der Waals surface area (Å²) in [5.41, 5.74) is 0.965. The second-order valence-electron chi connectivity index (χ2n) is 3.81. The minimum Gasteiger partial charge on any atom is -0.313 e. The monoisotopic (exact) mass is 301 g/mol. The average molecular weight is 301 g/mol. The normalized spacial score (nSPS) is 11.8. The molecule has 0 spiro atoms. The Bertz CT molecular complexity index is 606. The van der Waals surface area contributed by atoms with Gasteiger partial charge in [-0.05, 0) is 23.6 Å². The summed E-state index contributed by atoms with van der Waals surface area (Å²) in [5.74, 6) is 0.480. The van der Waals surface area contributed by atoms with Crippen LogP contribution in [0.2, 0.25) is 0 Å². The lowest BCUT2D eigenvalue weighted by Crippen LogP contribution is -2.23. The molecule has 0 aliphatic carbocycles. The van der Waals surface area contributed by atoms with E-state index in [1.54, 1.807) is 6.07 Å². The number of rotatable bonds is 7. The standard InChI is InChI=1S/C10H15N5O2S2/c1-2-11-4-8-3-10(18-6-8)19(16,17)14-5-9-12-7-13-15-9/h3,6-7,11,14H,2,4-5H2,1H3,(H,12,13,15). The number of hydrogen-bond acceptors (Lipinski definition) is 6. The van der Waals surface area contributed by atoms with E-state index in [0.29, 0.717) is 16.6 Å². The molecule has 9 heteroatoms. The van der Waals surface area contributed by atoms with Crippen molar-refractivity contribution in [3.05, 3.63) is 29.2 Å². The molecule has 0 atom stereocenters. The maximum absolute atomic E-state index is 12.0. The van der Waals surface area contributed by atoms with Gasteiger partial charge < -0.3 is 5.32 Å². The van der Waals surface area contributed by atoms with E-state index in [4.69, 9.17) is 0 Å². The number of sulfonamides is 1. The molecule has 0 amide bonds. The summed E-state index contributed by atoms with van der Waals surface area (Å²) in [5, 5.41) is 11.2. The highest BCUT2D eigenvalue weighted by atomic mass is 32.2. The molecule has 2 aromatic heterocycles. The van der Waals surface area contributed by atoms with Gasteiger partial charge in [0.05, 0.1) is 6.54 Å².